The first-order valence-corrected chi connectivity index (χ1v) is 5.10. The molecule has 0 aromatic rings. The second-order valence-corrected chi connectivity index (χ2v) is 4.57. The Kier molecular flexibility index (Phi) is 5.49. The largest absolute Gasteiger partial charge is 0.273 e. The zero-order chi connectivity index (χ0) is 11.4. The molecule has 0 aliphatic rings. The molecule has 0 aromatic carbocycles. The van der Waals surface area contributed by atoms with E-state index in [1.807, 2.05) is 0 Å². The number of hydrazine groups is 1. The van der Waals surface area contributed by atoms with Crippen LogP contribution in [-0.2, 0) is 4.79 Å². The molecular formula is C9H16Cl2N2O. The van der Waals surface area contributed by atoms with Crippen molar-refractivity contribution in [1.29, 1.82) is 0 Å². The molecule has 0 N–H and O–H groups in total. The SMILES string of the molecule is C=CCN(C(=O)C(Cl)(Cl)CC)N(C)C. The lowest BCUT2D eigenvalue weighted by atomic mass is 10.3. The lowest BCUT2D eigenvalue weighted by molar-refractivity contribution is -0.144. The van der Waals surface area contributed by atoms with E-state index in [1.165, 1.54) is 5.01 Å². The molecule has 1 amide bonds. The first-order chi connectivity index (χ1) is 6.36. The summed E-state index contributed by atoms with van der Waals surface area (Å²) in [5.74, 6) is -0.326. The van der Waals surface area contributed by atoms with Gasteiger partial charge in [-0.05, 0) is 6.42 Å². The molecule has 0 spiro atoms. The predicted molar refractivity (Wildman–Crippen MR) is 60.3 cm³/mol. The van der Waals surface area contributed by atoms with Crippen LogP contribution in [0.5, 0.6) is 0 Å². The number of nitrogens with zero attached hydrogens (tertiary/aromatic N) is 2. The van der Waals surface area contributed by atoms with Crippen LogP contribution in [0.2, 0.25) is 0 Å². The number of amides is 1. The summed E-state index contributed by atoms with van der Waals surface area (Å²) in [6.07, 6.45) is 1.99. The molecule has 0 unspecified atom stereocenters. The summed E-state index contributed by atoms with van der Waals surface area (Å²) < 4.78 is -1.35. The van der Waals surface area contributed by atoms with Gasteiger partial charge < -0.3 is 0 Å². The Morgan fingerprint density at radius 1 is 1.50 bits per heavy atom. The van der Waals surface area contributed by atoms with Crippen molar-refractivity contribution in [3.05, 3.63) is 12.7 Å². The molecule has 0 radical (unpaired) electrons. The summed E-state index contributed by atoms with van der Waals surface area (Å²) in [5.41, 5.74) is 0. The van der Waals surface area contributed by atoms with Crippen LogP contribution in [-0.4, -0.2) is 40.9 Å². The van der Waals surface area contributed by atoms with E-state index in [2.05, 4.69) is 6.58 Å². The third-order valence-electron chi connectivity index (χ3n) is 1.78. The zero-order valence-corrected chi connectivity index (χ0v) is 10.3. The fourth-order valence-electron chi connectivity index (χ4n) is 0.890. The second-order valence-electron chi connectivity index (χ2n) is 3.08. The molecule has 0 fully saturated rings. The van der Waals surface area contributed by atoms with E-state index >= 15 is 0 Å². The first-order valence-electron chi connectivity index (χ1n) is 4.34. The number of carbonyl (C=O) groups is 1. The van der Waals surface area contributed by atoms with Gasteiger partial charge in [-0.1, -0.05) is 36.2 Å². The predicted octanol–water partition coefficient (Wildman–Crippen LogP) is 2.06. The van der Waals surface area contributed by atoms with Crippen LogP contribution >= 0.6 is 23.2 Å². The summed E-state index contributed by atoms with van der Waals surface area (Å²) in [6.45, 7) is 5.73. The van der Waals surface area contributed by atoms with E-state index in [1.54, 1.807) is 32.1 Å². The van der Waals surface area contributed by atoms with Crippen molar-refractivity contribution >= 4 is 29.1 Å². The van der Waals surface area contributed by atoms with Gasteiger partial charge in [-0.25, -0.2) is 5.01 Å². The number of rotatable bonds is 5. The van der Waals surface area contributed by atoms with Gasteiger partial charge in [0, 0.05) is 14.1 Å². The van der Waals surface area contributed by atoms with Gasteiger partial charge in [0.25, 0.3) is 5.91 Å². The van der Waals surface area contributed by atoms with Crippen molar-refractivity contribution in [2.24, 2.45) is 0 Å². The lowest BCUT2D eigenvalue weighted by Crippen LogP contribution is -2.48. The smallest absolute Gasteiger partial charge is 0.270 e. The molecule has 14 heavy (non-hydrogen) atoms. The number of alkyl halides is 2. The maximum atomic E-state index is 11.8. The maximum absolute atomic E-state index is 11.8. The minimum atomic E-state index is -1.35. The van der Waals surface area contributed by atoms with Gasteiger partial charge in [0.05, 0.1) is 6.54 Å². The van der Waals surface area contributed by atoms with Crippen molar-refractivity contribution in [2.75, 3.05) is 20.6 Å². The molecule has 0 atom stereocenters. The van der Waals surface area contributed by atoms with Crippen molar-refractivity contribution in [3.8, 4) is 0 Å². The molecule has 0 bridgehead atoms. The van der Waals surface area contributed by atoms with Crippen LogP contribution < -0.4 is 0 Å². The van der Waals surface area contributed by atoms with Crippen LogP contribution in [0, 0.1) is 0 Å². The minimum Gasteiger partial charge on any atom is -0.270 e. The molecule has 0 aliphatic carbocycles. The average Bonchev–Trinajstić information content (AvgIpc) is 2.12. The Morgan fingerprint density at radius 2 is 2.00 bits per heavy atom. The van der Waals surface area contributed by atoms with Crippen molar-refractivity contribution in [1.82, 2.24) is 10.0 Å². The monoisotopic (exact) mass is 238 g/mol. The molecule has 0 heterocycles. The highest BCUT2D eigenvalue weighted by molar-refractivity contribution is 6.57. The van der Waals surface area contributed by atoms with Gasteiger partial charge in [0.15, 0.2) is 4.33 Å². The molecule has 3 nitrogen and oxygen atoms in total. The van der Waals surface area contributed by atoms with Gasteiger partial charge >= 0.3 is 0 Å². The number of halogens is 2. The van der Waals surface area contributed by atoms with Crippen LogP contribution in [0.1, 0.15) is 13.3 Å². The normalized spacial score (nSPS) is 11.6. The van der Waals surface area contributed by atoms with Gasteiger partial charge in [-0.15, -0.1) is 6.58 Å². The molecule has 0 rings (SSSR count). The third-order valence-corrected chi connectivity index (χ3v) is 2.63. The van der Waals surface area contributed by atoms with Gasteiger partial charge in [0.1, 0.15) is 0 Å². The Bertz CT molecular complexity index is 217. The highest BCUT2D eigenvalue weighted by atomic mass is 35.5. The first kappa shape index (κ1) is 13.8. The Labute approximate surface area is 95.2 Å². The van der Waals surface area contributed by atoms with E-state index in [0.29, 0.717) is 13.0 Å². The van der Waals surface area contributed by atoms with E-state index in [-0.39, 0.29) is 5.91 Å². The summed E-state index contributed by atoms with van der Waals surface area (Å²) in [4.78, 5) is 11.8. The van der Waals surface area contributed by atoms with Crippen LogP contribution in [0.4, 0.5) is 0 Å². The quantitative estimate of drug-likeness (QED) is 0.416. The minimum absolute atomic E-state index is 0.326. The van der Waals surface area contributed by atoms with Crippen molar-refractivity contribution in [2.45, 2.75) is 17.7 Å². The summed E-state index contributed by atoms with van der Waals surface area (Å²) in [5, 5.41) is 3.08. The maximum Gasteiger partial charge on any atom is 0.273 e. The Morgan fingerprint density at radius 3 is 2.29 bits per heavy atom. The van der Waals surface area contributed by atoms with Gasteiger partial charge in [-0.3, -0.25) is 9.80 Å². The summed E-state index contributed by atoms with van der Waals surface area (Å²) in [6, 6.07) is 0. The average molecular weight is 239 g/mol. The fraction of sp³-hybridized carbons (Fsp3) is 0.667. The fourth-order valence-corrected chi connectivity index (χ4v) is 1.09. The second kappa shape index (κ2) is 5.59. The van der Waals surface area contributed by atoms with Crippen LogP contribution in [0.25, 0.3) is 0 Å². The summed E-state index contributed by atoms with van der Waals surface area (Å²) in [7, 11) is 3.50. The molecule has 82 valence electrons. The van der Waals surface area contributed by atoms with Crippen LogP contribution in [0.3, 0.4) is 0 Å². The number of carbonyl (C=O) groups excluding carboxylic acids is 1. The standard InChI is InChI=1S/C9H16Cl2N2O/c1-5-7-13(12(3)4)8(14)9(10,11)6-2/h5H,1,6-7H2,2-4H3. The van der Waals surface area contributed by atoms with Crippen molar-refractivity contribution < 1.29 is 4.79 Å². The Balaban J connectivity index is 4.67. The van der Waals surface area contributed by atoms with E-state index in [9.17, 15) is 4.79 Å². The van der Waals surface area contributed by atoms with Gasteiger partial charge in [-0.2, -0.15) is 0 Å². The number of hydrogen-bond donors (Lipinski definition) is 0. The highest BCUT2D eigenvalue weighted by Gasteiger charge is 2.36. The van der Waals surface area contributed by atoms with Crippen molar-refractivity contribution in [3.63, 3.8) is 0 Å². The molecule has 0 aromatic heterocycles. The van der Waals surface area contributed by atoms with E-state index in [0.717, 1.165) is 0 Å². The number of hydrogen-bond acceptors (Lipinski definition) is 2. The molecular weight excluding hydrogens is 223 g/mol. The molecule has 5 heteroatoms. The topological polar surface area (TPSA) is 23.6 Å². The zero-order valence-electron chi connectivity index (χ0n) is 8.76. The third kappa shape index (κ3) is 3.48. The van der Waals surface area contributed by atoms with E-state index in [4.69, 9.17) is 23.2 Å². The van der Waals surface area contributed by atoms with Gasteiger partial charge in [0.2, 0.25) is 0 Å². The molecule has 0 saturated carbocycles. The van der Waals surface area contributed by atoms with E-state index < -0.39 is 4.33 Å². The molecule has 0 aliphatic heterocycles. The summed E-state index contributed by atoms with van der Waals surface area (Å²) >= 11 is 11.7. The highest BCUT2D eigenvalue weighted by Crippen LogP contribution is 2.27. The lowest BCUT2D eigenvalue weighted by Gasteiger charge is -2.32. The Hall–Kier alpha value is -0.250. The van der Waals surface area contributed by atoms with Crippen LogP contribution in [0.15, 0.2) is 12.7 Å². The molecule has 0 saturated heterocycles.